The highest BCUT2D eigenvalue weighted by Gasteiger charge is 2.28. The molecular formula is C14H16ClN3S. The van der Waals surface area contributed by atoms with E-state index in [0.717, 1.165) is 23.8 Å². The van der Waals surface area contributed by atoms with Crippen LogP contribution in [0.25, 0.3) is 0 Å². The Kier molecular flexibility index (Phi) is 3.46. The summed E-state index contributed by atoms with van der Waals surface area (Å²) in [6.07, 6.45) is 2.38. The molecule has 0 unspecified atom stereocenters. The predicted octanol–water partition coefficient (Wildman–Crippen LogP) is 4.01. The van der Waals surface area contributed by atoms with Crippen LogP contribution >= 0.6 is 22.9 Å². The molecule has 0 bridgehead atoms. The van der Waals surface area contributed by atoms with E-state index in [9.17, 15) is 0 Å². The molecule has 0 spiro atoms. The van der Waals surface area contributed by atoms with Gasteiger partial charge in [-0.15, -0.1) is 11.3 Å². The van der Waals surface area contributed by atoms with Crippen LogP contribution < -0.4 is 4.90 Å². The average Bonchev–Trinajstić information content (AvgIpc) is 3.11. The van der Waals surface area contributed by atoms with E-state index in [0.29, 0.717) is 11.1 Å². The highest BCUT2D eigenvalue weighted by molar-refractivity contribution is 7.09. The van der Waals surface area contributed by atoms with Gasteiger partial charge in [0.25, 0.3) is 0 Å². The molecule has 100 valence electrons. The molecular weight excluding hydrogens is 278 g/mol. The van der Waals surface area contributed by atoms with Crippen molar-refractivity contribution in [1.29, 1.82) is 0 Å². The van der Waals surface area contributed by atoms with Gasteiger partial charge in [-0.05, 0) is 31.2 Å². The molecule has 0 saturated heterocycles. The van der Waals surface area contributed by atoms with Gasteiger partial charge in [0.2, 0.25) is 0 Å². The molecule has 2 heterocycles. The van der Waals surface area contributed by atoms with Gasteiger partial charge in [-0.1, -0.05) is 17.7 Å². The van der Waals surface area contributed by atoms with Crippen LogP contribution in [0.4, 0.5) is 5.82 Å². The molecule has 2 aromatic rings. The van der Waals surface area contributed by atoms with Crippen molar-refractivity contribution in [3.63, 3.8) is 0 Å². The quantitative estimate of drug-likeness (QED) is 0.798. The van der Waals surface area contributed by atoms with Crippen molar-refractivity contribution < 1.29 is 0 Å². The summed E-state index contributed by atoms with van der Waals surface area (Å²) in [6.45, 7) is 2.84. The van der Waals surface area contributed by atoms with E-state index in [1.807, 2.05) is 6.92 Å². The molecule has 1 aliphatic rings. The van der Waals surface area contributed by atoms with E-state index in [2.05, 4.69) is 34.4 Å². The molecule has 0 atom stereocenters. The van der Waals surface area contributed by atoms with Crippen LogP contribution in [-0.2, 0) is 6.54 Å². The lowest BCUT2D eigenvalue weighted by Gasteiger charge is -2.20. The smallest absolute Gasteiger partial charge is 0.137 e. The van der Waals surface area contributed by atoms with Gasteiger partial charge in [0.1, 0.15) is 16.8 Å². The Morgan fingerprint density at radius 2 is 2.21 bits per heavy atom. The number of anilines is 1. The second kappa shape index (κ2) is 5.10. The minimum atomic E-state index is 0.520. The molecule has 2 aromatic heterocycles. The van der Waals surface area contributed by atoms with E-state index < -0.39 is 0 Å². The van der Waals surface area contributed by atoms with Crippen molar-refractivity contribution in [2.45, 2.75) is 32.2 Å². The maximum atomic E-state index is 6.24. The van der Waals surface area contributed by atoms with Crippen molar-refractivity contribution in [3.05, 3.63) is 38.9 Å². The Bertz CT molecular complexity index is 579. The highest BCUT2D eigenvalue weighted by Crippen LogP contribution is 2.40. The molecule has 3 nitrogen and oxygen atoms in total. The van der Waals surface area contributed by atoms with Crippen LogP contribution in [0.5, 0.6) is 0 Å². The van der Waals surface area contributed by atoms with Crippen molar-refractivity contribution in [1.82, 2.24) is 9.97 Å². The fourth-order valence-corrected chi connectivity index (χ4v) is 3.03. The van der Waals surface area contributed by atoms with E-state index in [1.54, 1.807) is 11.3 Å². The lowest BCUT2D eigenvalue weighted by Crippen LogP contribution is -2.19. The fraction of sp³-hybridized carbons (Fsp3) is 0.429. The average molecular weight is 294 g/mol. The number of nitrogens with zero attached hydrogens (tertiary/aromatic N) is 3. The minimum absolute atomic E-state index is 0.520. The molecule has 1 saturated carbocycles. The minimum Gasteiger partial charge on any atom is -0.354 e. The maximum Gasteiger partial charge on any atom is 0.137 e. The Morgan fingerprint density at radius 1 is 1.42 bits per heavy atom. The summed E-state index contributed by atoms with van der Waals surface area (Å²) in [6, 6.07) is 4.21. The standard InChI is InChI=1S/C14H16ClN3S/c1-9-12(15)16-13(10-5-6-10)17-14(9)18(2)8-11-4-3-7-19-11/h3-4,7,10H,5-6,8H2,1-2H3. The second-order valence-corrected chi connectivity index (χ2v) is 6.42. The lowest BCUT2D eigenvalue weighted by atomic mass is 10.3. The Hall–Kier alpha value is -1.13. The second-order valence-electron chi connectivity index (χ2n) is 5.03. The summed E-state index contributed by atoms with van der Waals surface area (Å²) >= 11 is 8.00. The van der Waals surface area contributed by atoms with Gasteiger partial charge in [-0.25, -0.2) is 9.97 Å². The molecule has 1 fully saturated rings. The van der Waals surface area contributed by atoms with Crippen molar-refractivity contribution in [2.75, 3.05) is 11.9 Å². The molecule has 3 rings (SSSR count). The third-order valence-electron chi connectivity index (χ3n) is 3.36. The maximum absolute atomic E-state index is 6.24. The molecule has 5 heteroatoms. The Labute approximate surface area is 122 Å². The molecule has 0 amide bonds. The van der Waals surface area contributed by atoms with Crippen LogP contribution in [0.15, 0.2) is 17.5 Å². The molecule has 0 aliphatic heterocycles. The summed E-state index contributed by atoms with van der Waals surface area (Å²) in [5.41, 5.74) is 0.963. The van der Waals surface area contributed by atoms with Gasteiger partial charge in [0, 0.05) is 23.4 Å². The first-order chi connectivity index (χ1) is 9.15. The molecule has 0 aromatic carbocycles. The Balaban J connectivity index is 1.89. The van der Waals surface area contributed by atoms with Gasteiger partial charge in [-0.3, -0.25) is 0 Å². The summed E-state index contributed by atoms with van der Waals surface area (Å²) in [5.74, 6) is 2.38. The van der Waals surface area contributed by atoms with Crippen LogP contribution in [0, 0.1) is 6.92 Å². The van der Waals surface area contributed by atoms with Gasteiger partial charge in [0.15, 0.2) is 0 Å². The molecule has 1 aliphatic carbocycles. The number of hydrogen-bond acceptors (Lipinski definition) is 4. The van der Waals surface area contributed by atoms with Crippen molar-refractivity contribution in [2.24, 2.45) is 0 Å². The highest BCUT2D eigenvalue weighted by atomic mass is 35.5. The summed E-state index contributed by atoms with van der Waals surface area (Å²) in [7, 11) is 2.06. The van der Waals surface area contributed by atoms with Crippen LogP contribution in [0.1, 0.15) is 35.0 Å². The molecule has 0 N–H and O–H groups in total. The molecule has 0 radical (unpaired) electrons. The number of halogens is 1. The van der Waals surface area contributed by atoms with E-state index in [-0.39, 0.29) is 0 Å². The van der Waals surface area contributed by atoms with Crippen LogP contribution in [0.2, 0.25) is 5.15 Å². The largest absolute Gasteiger partial charge is 0.354 e. The third kappa shape index (κ3) is 2.74. The lowest BCUT2D eigenvalue weighted by molar-refractivity contribution is 0.851. The Morgan fingerprint density at radius 3 is 2.84 bits per heavy atom. The first-order valence-corrected chi connectivity index (χ1v) is 7.68. The predicted molar refractivity (Wildman–Crippen MR) is 80.2 cm³/mol. The summed E-state index contributed by atoms with van der Waals surface area (Å²) in [4.78, 5) is 12.6. The van der Waals surface area contributed by atoms with Crippen molar-refractivity contribution >= 4 is 28.8 Å². The monoisotopic (exact) mass is 293 g/mol. The number of thiophene rings is 1. The zero-order valence-corrected chi connectivity index (χ0v) is 12.6. The van der Waals surface area contributed by atoms with E-state index >= 15 is 0 Å². The summed E-state index contributed by atoms with van der Waals surface area (Å²) < 4.78 is 0. The first-order valence-electron chi connectivity index (χ1n) is 6.42. The third-order valence-corrected chi connectivity index (χ3v) is 4.58. The zero-order chi connectivity index (χ0) is 13.4. The summed E-state index contributed by atoms with van der Waals surface area (Å²) in [5, 5.41) is 2.68. The first kappa shape index (κ1) is 12.9. The number of aromatic nitrogens is 2. The normalized spacial score (nSPS) is 14.7. The number of rotatable bonds is 4. The van der Waals surface area contributed by atoms with Crippen molar-refractivity contribution in [3.8, 4) is 0 Å². The van der Waals surface area contributed by atoms with Gasteiger partial charge in [-0.2, -0.15) is 0 Å². The van der Waals surface area contributed by atoms with Gasteiger partial charge < -0.3 is 4.90 Å². The van der Waals surface area contributed by atoms with Gasteiger partial charge in [0.05, 0.1) is 6.54 Å². The van der Waals surface area contributed by atoms with Crippen LogP contribution in [-0.4, -0.2) is 17.0 Å². The van der Waals surface area contributed by atoms with Crippen LogP contribution in [0.3, 0.4) is 0 Å². The SMILES string of the molecule is Cc1c(Cl)nc(C2CC2)nc1N(C)Cc1cccs1. The van der Waals surface area contributed by atoms with E-state index in [1.165, 1.54) is 17.7 Å². The van der Waals surface area contributed by atoms with Gasteiger partial charge >= 0.3 is 0 Å². The molecule has 19 heavy (non-hydrogen) atoms. The zero-order valence-electron chi connectivity index (χ0n) is 11.1. The fourth-order valence-electron chi connectivity index (χ4n) is 2.10. The van der Waals surface area contributed by atoms with E-state index in [4.69, 9.17) is 16.6 Å². The topological polar surface area (TPSA) is 29.0 Å². The number of hydrogen-bond donors (Lipinski definition) is 0.